The van der Waals surface area contributed by atoms with Gasteiger partial charge in [0.15, 0.2) is 5.70 Å². The Kier molecular flexibility index (Phi) is 4.76. The fourth-order valence-electron chi connectivity index (χ4n) is 2.82. The molecule has 24 heavy (non-hydrogen) atoms. The molecule has 0 aromatic carbocycles. The van der Waals surface area contributed by atoms with Gasteiger partial charge in [0.1, 0.15) is 11.2 Å². The van der Waals surface area contributed by atoms with E-state index in [4.69, 9.17) is 5.26 Å². The Hall–Kier alpha value is -1.70. The monoisotopic (exact) mass is 368 g/mol. The summed E-state index contributed by atoms with van der Waals surface area (Å²) in [6, 6.07) is 2.03. The predicted octanol–water partition coefficient (Wildman–Crippen LogP) is 0.169. The van der Waals surface area contributed by atoms with Gasteiger partial charge in [-0.3, -0.25) is 14.7 Å². The fourth-order valence-corrected chi connectivity index (χ4v) is 5.98. The molecule has 3 aliphatic heterocycles. The van der Waals surface area contributed by atoms with Crippen molar-refractivity contribution in [2.75, 3.05) is 13.1 Å². The molecular weight excluding hydrogens is 352 g/mol. The highest BCUT2D eigenvalue weighted by atomic mass is 32.2. The van der Waals surface area contributed by atoms with Crippen LogP contribution in [-0.4, -0.2) is 62.6 Å². The molecule has 10 heteroatoms. The van der Waals surface area contributed by atoms with Crippen LogP contribution in [0.15, 0.2) is 14.9 Å². The van der Waals surface area contributed by atoms with E-state index in [1.165, 1.54) is 28.4 Å². The number of amidine groups is 1. The fraction of sp³-hybridized carbons (Fsp3) is 0.571. The molecule has 0 aromatic rings. The number of β-lactam (4-membered cyclic amide) rings is 1. The number of nitriles is 1. The van der Waals surface area contributed by atoms with Gasteiger partial charge >= 0.3 is 5.97 Å². The zero-order valence-corrected chi connectivity index (χ0v) is 14.4. The number of nitrogens with zero attached hydrogens (tertiary/aromatic N) is 3. The summed E-state index contributed by atoms with van der Waals surface area (Å²) in [6.07, 6.45) is -0.574. The standard InChI is InChI=1S/C14H16N4O4S2/c1-6(19)9-11(20)18-10(13(21)22)14(24-12(9)18)23-7-4-16-8(2-3-15)17-5-7/h6-7,9,12,19H,2,4-5H2,1H3,(H,16,17)(H,21,22)/t6?,9?,12-/m0/s1. The molecule has 1 fully saturated rings. The molecule has 3 unspecified atom stereocenters. The second-order valence-corrected chi connectivity index (χ2v) is 8.36. The molecule has 8 nitrogen and oxygen atoms in total. The SMILES string of the molecule is CC(O)C1C(=O)N2C(C(=O)O)=C(SC3CN=C(CC#N)NC3)S[C@@H]12. The lowest BCUT2D eigenvalue weighted by atomic mass is 9.92. The Balaban J connectivity index is 1.73. The Bertz CT molecular complexity index is 685. The summed E-state index contributed by atoms with van der Waals surface area (Å²) in [5.41, 5.74) is 0.00343. The van der Waals surface area contributed by atoms with E-state index in [0.717, 1.165) is 0 Å². The maximum Gasteiger partial charge on any atom is 0.354 e. The molecule has 0 aromatic heterocycles. The van der Waals surface area contributed by atoms with Crippen molar-refractivity contribution in [3.05, 3.63) is 9.93 Å². The maximum atomic E-state index is 12.1. The molecule has 4 atom stereocenters. The van der Waals surface area contributed by atoms with Crippen molar-refractivity contribution in [1.82, 2.24) is 10.2 Å². The number of carboxylic acid groups (broad SMARTS) is 1. The number of nitrogens with one attached hydrogen (secondary N) is 1. The minimum atomic E-state index is -1.14. The zero-order valence-electron chi connectivity index (χ0n) is 12.8. The highest BCUT2D eigenvalue weighted by Gasteiger charge is 2.57. The van der Waals surface area contributed by atoms with Gasteiger partial charge in [-0.25, -0.2) is 4.79 Å². The highest BCUT2D eigenvalue weighted by Crippen LogP contribution is 2.54. The largest absolute Gasteiger partial charge is 0.477 e. The maximum absolute atomic E-state index is 12.1. The molecule has 0 aliphatic carbocycles. The average Bonchev–Trinajstić information content (AvgIpc) is 2.83. The van der Waals surface area contributed by atoms with Crippen LogP contribution in [0.1, 0.15) is 13.3 Å². The van der Waals surface area contributed by atoms with Crippen molar-refractivity contribution < 1.29 is 19.8 Å². The lowest BCUT2D eigenvalue weighted by molar-refractivity contribution is -0.156. The van der Waals surface area contributed by atoms with Gasteiger partial charge in [-0.05, 0) is 6.92 Å². The highest BCUT2D eigenvalue weighted by molar-refractivity contribution is 8.23. The van der Waals surface area contributed by atoms with E-state index in [1.54, 1.807) is 6.92 Å². The van der Waals surface area contributed by atoms with Gasteiger partial charge in [0.2, 0.25) is 5.91 Å². The smallest absolute Gasteiger partial charge is 0.354 e. The number of thioether (sulfide) groups is 2. The molecule has 0 spiro atoms. The van der Waals surface area contributed by atoms with Crippen LogP contribution in [0.4, 0.5) is 0 Å². The molecule has 0 bridgehead atoms. The molecular formula is C14H16N4O4S2. The first kappa shape index (κ1) is 17.1. The number of carbonyl (C=O) groups is 2. The summed E-state index contributed by atoms with van der Waals surface area (Å²) in [5.74, 6) is -1.39. The minimum absolute atomic E-state index is 0.00343. The molecule has 3 heterocycles. The minimum Gasteiger partial charge on any atom is -0.477 e. The van der Waals surface area contributed by atoms with E-state index in [1.807, 2.05) is 6.07 Å². The van der Waals surface area contributed by atoms with Crippen molar-refractivity contribution in [1.29, 1.82) is 5.26 Å². The molecule has 0 radical (unpaired) electrons. The Morgan fingerprint density at radius 3 is 2.96 bits per heavy atom. The molecule has 128 valence electrons. The quantitative estimate of drug-likeness (QED) is 0.586. The van der Waals surface area contributed by atoms with Gasteiger partial charge in [0.25, 0.3) is 0 Å². The summed E-state index contributed by atoms with van der Waals surface area (Å²) in [7, 11) is 0. The van der Waals surface area contributed by atoms with Crippen molar-refractivity contribution in [2.24, 2.45) is 10.9 Å². The number of rotatable bonds is 5. The van der Waals surface area contributed by atoms with Crippen LogP contribution in [0, 0.1) is 17.2 Å². The van der Waals surface area contributed by atoms with Crippen molar-refractivity contribution in [3.63, 3.8) is 0 Å². The number of hydrogen-bond acceptors (Lipinski definition) is 8. The van der Waals surface area contributed by atoms with Crippen LogP contribution >= 0.6 is 23.5 Å². The average molecular weight is 368 g/mol. The number of carbonyl (C=O) groups excluding carboxylic acids is 1. The first-order valence-electron chi connectivity index (χ1n) is 7.40. The second kappa shape index (κ2) is 6.66. The number of aliphatic hydroxyl groups excluding tert-OH is 1. The molecule has 3 rings (SSSR count). The van der Waals surface area contributed by atoms with Crippen molar-refractivity contribution in [2.45, 2.75) is 30.1 Å². The van der Waals surface area contributed by atoms with Crippen LogP contribution < -0.4 is 5.32 Å². The van der Waals surface area contributed by atoms with E-state index < -0.39 is 18.0 Å². The van der Waals surface area contributed by atoms with Gasteiger partial charge in [-0.2, -0.15) is 5.26 Å². The van der Waals surface area contributed by atoms with Gasteiger partial charge in [0, 0.05) is 11.8 Å². The number of aliphatic carboxylic acids is 1. The van der Waals surface area contributed by atoms with E-state index in [2.05, 4.69) is 10.3 Å². The Morgan fingerprint density at radius 2 is 2.42 bits per heavy atom. The number of aliphatic imine (C=N–C) groups is 1. The topological polar surface area (TPSA) is 126 Å². The van der Waals surface area contributed by atoms with E-state index in [-0.39, 0.29) is 28.6 Å². The summed E-state index contributed by atoms with van der Waals surface area (Å²) in [4.78, 5) is 29.3. The van der Waals surface area contributed by atoms with Crippen LogP contribution in [0.5, 0.6) is 0 Å². The molecule has 0 saturated carbocycles. The van der Waals surface area contributed by atoms with Crippen LogP contribution in [-0.2, 0) is 9.59 Å². The van der Waals surface area contributed by atoms with Crippen molar-refractivity contribution >= 4 is 41.2 Å². The number of fused-ring (bicyclic) bond motifs is 1. The summed E-state index contributed by atoms with van der Waals surface area (Å²) >= 11 is 2.70. The Morgan fingerprint density at radius 1 is 1.67 bits per heavy atom. The number of carboxylic acids is 1. The second-order valence-electron chi connectivity index (χ2n) is 5.67. The van der Waals surface area contributed by atoms with Crippen LogP contribution in [0.2, 0.25) is 0 Å². The van der Waals surface area contributed by atoms with E-state index in [0.29, 0.717) is 23.2 Å². The molecule has 3 N–H and O–H groups in total. The summed E-state index contributed by atoms with van der Waals surface area (Å²) in [6.45, 7) is 2.62. The number of aliphatic hydroxyl groups is 1. The van der Waals surface area contributed by atoms with Gasteiger partial charge in [-0.15, -0.1) is 11.8 Å². The molecule has 3 aliphatic rings. The lowest BCUT2D eigenvalue weighted by Crippen LogP contribution is -2.60. The van der Waals surface area contributed by atoms with Crippen LogP contribution in [0.25, 0.3) is 0 Å². The predicted molar refractivity (Wildman–Crippen MR) is 90.0 cm³/mol. The molecule has 1 saturated heterocycles. The first-order chi connectivity index (χ1) is 11.4. The first-order valence-corrected chi connectivity index (χ1v) is 9.16. The van der Waals surface area contributed by atoms with Crippen molar-refractivity contribution in [3.8, 4) is 6.07 Å². The third-order valence-corrected chi connectivity index (χ3v) is 6.80. The van der Waals surface area contributed by atoms with Gasteiger partial charge in [0.05, 0.1) is 35.3 Å². The van der Waals surface area contributed by atoms with Gasteiger partial charge < -0.3 is 15.5 Å². The molecule has 1 amide bonds. The summed E-state index contributed by atoms with van der Waals surface area (Å²) in [5, 5.41) is 30.6. The number of amides is 1. The summed E-state index contributed by atoms with van der Waals surface area (Å²) < 4.78 is 0.578. The van der Waals surface area contributed by atoms with Gasteiger partial charge in [-0.1, -0.05) is 11.8 Å². The Labute approximate surface area is 147 Å². The normalized spacial score (nSPS) is 30.0. The third kappa shape index (κ3) is 2.87. The lowest BCUT2D eigenvalue weighted by Gasteiger charge is -2.43. The van der Waals surface area contributed by atoms with Crippen LogP contribution in [0.3, 0.4) is 0 Å². The van der Waals surface area contributed by atoms with E-state index >= 15 is 0 Å². The van der Waals surface area contributed by atoms with E-state index in [9.17, 15) is 19.8 Å². The zero-order chi connectivity index (χ0) is 17.4. The third-order valence-electron chi connectivity index (χ3n) is 4.01. The number of hydrogen-bond donors (Lipinski definition) is 3.